The number of alkyl carbamates (subject to hydrolysis) is 1. The zero-order chi connectivity index (χ0) is 48.4. The first-order chi connectivity index (χ1) is 31.3. The summed E-state index contributed by atoms with van der Waals surface area (Å²) in [6.45, 7) is 2.22. The molecule has 0 spiro atoms. The molecular formula is C41H57N11O13S. The van der Waals surface area contributed by atoms with E-state index in [0.29, 0.717) is 27.9 Å². The lowest BCUT2D eigenvalue weighted by Crippen LogP contribution is -2.62. The summed E-state index contributed by atoms with van der Waals surface area (Å²) in [5.74, 6) is -10.4. The predicted molar refractivity (Wildman–Crippen MR) is 233 cm³/mol. The molecule has 10 atom stereocenters. The smallest absolute Gasteiger partial charge is 0.407 e. The molecule has 2 aromatic rings. The number of primary amides is 1. The van der Waals surface area contributed by atoms with Gasteiger partial charge in [-0.3, -0.25) is 43.2 Å². The zero-order valence-electron chi connectivity index (χ0n) is 36.8. The molecule has 0 unspecified atom stereocenters. The van der Waals surface area contributed by atoms with Crippen LogP contribution in [-0.2, 0) is 54.3 Å². The van der Waals surface area contributed by atoms with Crippen molar-refractivity contribution in [2.24, 2.45) is 17.6 Å². The molecule has 1 aromatic carbocycles. The number of carbonyl (C=O) groups excluding carboxylic acids is 10. The Hall–Kier alpha value is -6.47. The summed E-state index contributed by atoms with van der Waals surface area (Å²) in [6, 6.07) is -3.25. The molecule has 1 saturated heterocycles. The van der Waals surface area contributed by atoms with Crippen molar-refractivity contribution >= 4 is 81.9 Å². The van der Waals surface area contributed by atoms with Gasteiger partial charge in [0.15, 0.2) is 0 Å². The lowest BCUT2D eigenvalue weighted by molar-refractivity contribution is -0.144. The first-order valence-corrected chi connectivity index (χ1v) is 22.3. The monoisotopic (exact) mass is 943 g/mol. The van der Waals surface area contributed by atoms with Crippen LogP contribution in [0.25, 0.3) is 10.9 Å². The Morgan fingerprint density at radius 3 is 2.23 bits per heavy atom. The third-order valence-electron chi connectivity index (χ3n) is 11.8. The topological polar surface area (TPSA) is 362 Å². The standard InChI is InChI=1S/C41H57N11O13S/c1-5-18(2)32-37(61)44-13-30(56)46-26-17-66-39-22(21-8-6-7-9-23(21)49-39)11-24(34(58)43-14-31(57)50-32)47-38(62)33(19(3)28(54)16-53)51-36(60)27-10-20(45-41(64)65-4)15-52(27)40(63)25(12-29(42)55)48-35(26)59/h6-9,18-20,24-28,32-33,49,53-54H,5,10-17H2,1-4H3,(H2,42,55)(H,43,58)(H,44,61)(H,45,64)(H,46,56)(H,47,62)(H,48,59)(H,50,57)(H,51,60)/t18-,19-,20+,24-,25-,26-,27-,28-,32-,33-/m0/s1. The number of nitrogens with two attached hydrogens (primary N) is 1. The van der Waals surface area contributed by atoms with Crippen LogP contribution >= 0.6 is 11.8 Å². The van der Waals surface area contributed by atoms with E-state index < -0.39 is 146 Å². The van der Waals surface area contributed by atoms with Crippen LogP contribution in [0.1, 0.15) is 45.6 Å². The number of aliphatic hydroxyl groups is 2. The van der Waals surface area contributed by atoms with Crippen molar-refractivity contribution in [2.45, 2.75) is 99.9 Å². The number of aromatic nitrogens is 1. The predicted octanol–water partition coefficient (Wildman–Crippen LogP) is -4.28. The molecule has 13 N–H and O–H groups in total. The normalized spacial score (nSPS) is 26.7. The van der Waals surface area contributed by atoms with Gasteiger partial charge in [-0.15, -0.1) is 11.8 Å². The Balaban J connectivity index is 1.70. The van der Waals surface area contributed by atoms with Crippen LogP contribution < -0.4 is 48.3 Å². The number of hydrogen-bond acceptors (Lipinski definition) is 14. The van der Waals surface area contributed by atoms with E-state index in [0.717, 1.165) is 23.8 Å². The molecule has 4 heterocycles. The number of nitrogens with zero attached hydrogens (tertiary/aromatic N) is 1. The number of H-pyrrole nitrogens is 1. The second-order valence-electron chi connectivity index (χ2n) is 16.4. The number of nitrogens with one attached hydrogen (secondary N) is 9. The Morgan fingerprint density at radius 1 is 0.879 bits per heavy atom. The quantitative estimate of drug-likeness (QED) is 0.119. The molecule has 24 nitrogen and oxygen atoms in total. The summed E-state index contributed by atoms with van der Waals surface area (Å²) in [4.78, 5) is 141. The fourth-order valence-electron chi connectivity index (χ4n) is 7.87. The zero-order valence-corrected chi connectivity index (χ0v) is 37.6. The van der Waals surface area contributed by atoms with Gasteiger partial charge in [0.05, 0.1) is 50.4 Å². The van der Waals surface area contributed by atoms with Gasteiger partial charge in [0, 0.05) is 35.5 Å². The first kappa shape index (κ1) is 50.5. The minimum Gasteiger partial charge on any atom is -0.453 e. The van der Waals surface area contributed by atoms with Crippen molar-refractivity contribution in [1.82, 2.24) is 52.4 Å². The SMILES string of the molecule is CC[C@H](C)[C@@H]1NC(=O)CNC(=O)[C@@H]2Cc3c([nH]c4ccccc34)SC[C@H](NC(=O)CNC1=O)C(=O)N[C@@H](CC(N)=O)C(=O)N1C[C@H](NC(=O)OC)C[C@H]1C(=O)N[C@@H]([C@@H](C)[C@@H](O)CO)C(=O)N2. The van der Waals surface area contributed by atoms with Gasteiger partial charge in [-0.2, -0.15) is 0 Å². The molecule has 1 fully saturated rings. The maximum Gasteiger partial charge on any atom is 0.407 e. The lowest BCUT2D eigenvalue weighted by Gasteiger charge is -2.33. The van der Waals surface area contributed by atoms with Crippen molar-refractivity contribution in [2.75, 3.05) is 39.1 Å². The van der Waals surface area contributed by atoms with Crippen LogP contribution in [-0.4, -0.2) is 167 Å². The fourth-order valence-corrected chi connectivity index (χ4v) is 8.99. The molecule has 0 radical (unpaired) electrons. The molecule has 3 aliphatic heterocycles. The third kappa shape index (κ3) is 12.4. The van der Waals surface area contributed by atoms with E-state index in [1.54, 1.807) is 38.1 Å². The Kier molecular flexibility index (Phi) is 17.3. The number of aliphatic hydroxyl groups excluding tert-OH is 2. The molecule has 0 saturated carbocycles. The number of para-hydroxylation sites is 1. The fraction of sp³-hybridized carbons (Fsp3) is 0.561. The second-order valence-corrected chi connectivity index (χ2v) is 17.5. The maximum atomic E-state index is 14.5. The van der Waals surface area contributed by atoms with E-state index in [2.05, 4.69) is 47.5 Å². The minimum absolute atomic E-state index is 0.268. The van der Waals surface area contributed by atoms with Crippen LogP contribution in [0, 0.1) is 11.8 Å². The van der Waals surface area contributed by atoms with E-state index in [-0.39, 0.29) is 25.1 Å². The number of thioether (sulfide) groups is 1. The van der Waals surface area contributed by atoms with Crippen molar-refractivity contribution in [1.29, 1.82) is 0 Å². The minimum atomic E-state index is -1.76. The maximum absolute atomic E-state index is 14.5. The summed E-state index contributed by atoms with van der Waals surface area (Å²) in [5.41, 5.74) is 6.57. The van der Waals surface area contributed by atoms with Gasteiger partial charge in [0.1, 0.15) is 36.3 Å². The number of aromatic amines is 1. The molecule has 25 heteroatoms. The Labute approximate surface area is 382 Å². The largest absolute Gasteiger partial charge is 0.453 e. The average molecular weight is 944 g/mol. The van der Waals surface area contributed by atoms with E-state index in [1.807, 2.05) is 0 Å². The van der Waals surface area contributed by atoms with Crippen LogP contribution in [0.4, 0.5) is 4.79 Å². The summed E-state index contributed by atoms with van der Waals surface area (Å²) >= 11 is 1.01. The Morgan fingerprint density at radius 2 is 1.56 bits per heavy atom. The van der Waals surface area contributed by atoms with Crippen LogP contribution in [0.3, 0.4) is 0 Å². The number of rotatable bonds is 8. The molecule has 5 rings (SSSR count). The average Bonchev–Trinajstić information content (AvgIpc) is 3.88. The van der Waals surface area contributed by atoms with Crippen molar-refractivity contribution in [3.8, 4) is 0 Å². The van der Waals surface area contributed by atoms with Gasteiger partial charge in [-0.1, -0.05) is 45.4 Å². The highest BCUT2D eigenvalue weighted by molar-refractivity contribution is 7.99. The third-order valence-corrected chi connectivity index (χ3v) is 13.0. The molecule has 10 amide bonds. The summed E-state index contributed by atoms with van der Waals surface area (Å²) < 4.78 is 4.71. The highest BCUT2D eigenvalue weighted by Gasteiger charge is 2.45. The van der Waals surface area contributed by atoms with Crippen molar-refractivity contribution < 1.29 is 62.9 Å². The number of ether oxygens (including phenoxy) is 1. The molecular weight excluding hydrogens is 887 g/mol. The second kappa shape index (κ2) is 22.6. The van der Waals surface area contributed by atoms with E-state index in [1.165, 1.54) is 6.92 Å². The van der Waals surface area contributed by atoms with Gasteiger partial charge in [0.2, 0.25) is 53.2 Å². The van der Waals surface area contributed by atoms with E-state index in [4.69, 9.17) is 10.5 Å². The molecule has 1 aromatic heterocycles. The van der Waals surface area contributed by atoms with Crippen LogP contribution in [0.2, 0.25) is 0 Å². The summed E-state index contributed by atoms with van der Waals surface area (Å²) in [7, 11) is 1.09. The van der Waals surface area contributed by atoms with Gasteiger partial charge in [0.25, 0.3) is 0 Å². The number of fused-ring (bicyclic) bond motifs is 5. The molecule has 66 heavy (non-hydrogen) atoms. The van der Waals surface area contributed by atoms with Gasteiger partial charge >= 0.3 is 6.09 Å². The molecule has 3 aliphatic rings. The van der Waals surface area contributed by atoms with Gasteiger partial charge in [-0.25, -0.2) is 4.79 Å². The van der Waals surface area contributed by atoms with Crippen molar-refractivity contribution in [3.05, 3.63) is 29.8 Å². The summed E-state index contributed by atoms with van der Waals surface area (Å²) in [5, 5.41) is 42.0. The highest BCUT2D eigenvalue weighted by Crippen LogP contribution is 2.32. The van der Waals surface area contributed by atoms with Crippen LogP contribution in [0.15, 0.2) is 29.3 Å². The summed E-state index contributed by atoms with van der Waals surface area (Å²) in [6.07, 6.45) is -3.49. The van der Waals surface area contributed by atoms with Gasteiger partial charge in [-0.05, 0) is 24.0 Å². The van der Waals surface area contributed by atoms with Gasteiger partial charge < -0.3 is 73.1 Å². The van der Waals surface area contributed by atoms with E-state index >= 15 is 0 Å². The lowest BCUT2D eigenvalue weighted by atomic mass is 9.93. The van der Waals surface area contributed by atoms with Crippen molar-refractivity contribution in [3.63, 3.8) is 0 Å². The van der Waals surface area contributed by atoms with Crippen LogP contribution in [0.5, 0.6) is 0 Å². The number of carbonyl (C=O) groups is 10. The molecule has 0 aliphatic carbocycles. The highest BCUT2D eigenvalue weighted by atomic mass is 32.2. The number of hydrogen-bond donors (Lipinski definition) is 12. The van der Waals surface area contributed by atoms with E-state index in [9.17, 15) is 58.2 Å². The number of methoxy groups -OCH3 is 1. The first-order valence-electron chi connectivity index (χ1n) is 21.3. The Bertz CT molecular complexity index is 2210. The molecule has 360 valence electrons. The number of amides is 10. The number of benzene rings is 1. The molecule has 2 bridgehead atoms.